The zero-order chi connectivity index (χ0) is 15.7. The van der Waals surface area contributed by atoms with Crippen LogP contribution in [0.3, 0.4) is 0 Å². The van der Waals surface area contributed by atoms with Crippen LogP contribution in [-0.2, 0) is 9.53 Å². The normalized spacial score (nSPS) is 18.9. The lowest BCUT2D eigenvalue weighted by molar-refractivity contribution is -0.140. The molecule has 7 heteroatoms. The van der Waals surface area contributed by atoms with E-state index in [1.807, 2.05) is 7.05 Å². The number of thioether (sulfide) groups is 1. The van der Waals surface area contributed by atoms with Gasteiger partial charge in [0.15, 0.2) is 5.96 Å². The van der Waals surface area contributed by atoms with Gasteiger partial charge in [-0.1, -0.05) is 13.8 Å². The van der Waals surface area contributed by atoms with Gasteiger partial charge in [-0.25, -0.2) is 0 Å². The molecule has 0 amide bonds. The number of nitrogens with one attached hydrogen (secondary N) is 1. The Morgan fingerprint density at radius 3 is 2.77 bits per heavy atom. The number of unbranched alkanes of at least 4 members (excludes halogenated alkanes) is 1. The van der Waals surface area contributed by atoms with Gasteiger partial charge in [0.2, 0.25) is 0 Å². The highest BCUT2D eigenvalue weighted by Crippen LogP contribution is 2.24. The number of methoxy groups -OCH3 is 1. The third-order valence-corrected chi connectivity index (χ3v) is 5.21. The van der Waals surface area contributed by atoms with Crippen LogP contribution in [0.2, 0.25) is 0 Å². The summed E-state index contributed by atoms with van der Waals surface area (Å²) in [6, 6.07) is 0. The molecule has 1 atom stereocenters. The van der Waals surface area contributed by atoms with Gasteiger partial charge in [0.05, 0.1) is 7.11 Å². The summed E-state index contributed by atoms with van der Waals surface area (Å²) in [6.07, 6.45) is 2.29. The molecule has 1 rings (SSSR count). The molecule has 0 bridgehead atoms. The quantitative estimate of drug-likeness (QED) is 0.225. The number of carbonyl (C=O) groups is 1. The van der Waals surface area contributed by atoms with E-state index in [4.69, 9.17) is 0 Å². The number of rotatable bonds is 6. The Morgan fingerprint density at radius 1 is 1.45 bits per heavy atom. The lowest BCUT2D eigenvalue weighted by Crippen LogP contribution is -2.49. The van der Waals surface area contributed by atoms with Crippen LogP contribution in [0.1, 0.15) is 33.1 Å². The van der Waals surface area contributed by atoms with Gasteiger partial charge in [-0.2, -0.15) is 11.8 Å². The monoisotopic (exact) mass is 443 g/mol. The first-order valence-corrected chi connectivity index (χ1v) is 8.77. The van der Waals surface area contributed by atoms with Crippen LogP contribution in [-0.4, -0.2) is 61.6 Å². The van der Waals surface area contributed by atoms with Crippen LogP contribution in [0, 0.1) is 5.92 Å². The fourth-order valence-corrected chi connectivity index (χ4v) is 3.60. The first-order chi connectivity index (χ1) is 10.1. The standard InChI is InChI=1S/C15H29N3O2S.HI/c1-12(2)13-11-18(9-10-21-13)15(16-3)17-8-6-5-7-14(19)20-4;/h12-13H,5-11H2,1-4H3,(H,16,17);1H. The van der Waals surface area contributed by atoms with Crippen molar-refractivity contribution in [3.63, 3.8) is 0 Å². The molecule has 1 saturated heterocycles. The van der Waals surface area contributed by atoms with E-state index < -0.39 is 0 Å². The molecule has 1 heterocycles. The maximum atomic E-state index is 11.0. The summed E-state index contributed by atoms with van der Waals surface area (Å²) in [7, 11) is 3.27. The molecule has 1 aliphatic rings. The number of hydrogen-bond acceptors (Lipinski definition) is 4. The SMILES string of the molecule is CN=C(NCCCCC(=O)OC)N1CCSC(C(C)C)C1.I. The Labute approximate surface area is 156 Å². The highest BCUT2D eigenvalue weighted by Gasteiger charge is 2.24. The van der Waals surface area contributed by atoms with Gasteiger partial charge < -0.3 is 15.0 Å². The van der Waals surface area contributed by atoms with Crippen molar-refractivity contribution in [1.82, 2.24) is 10.2 Å². The maximum absolute atomic E-state index is 11.0. The van der Waals surface area contributed by atoms with Crippen LogP contribution >= 0.6 is 35.7 Å². The van der Waals surface area contributed by atoms with Crippen molar-refractivity contribution in [2.24, 2.45) is 10.9 Å². The summed E-state index contributed by atoms with van der Waals surface area (Å²) in [6.45, 7) is 7.52. The Balaban J connectivity index is 0.00000441. The molecule has 0 saturated carbocycles. The summed E-state index contributed by atoms with van der Waals surface area (Å²) in [5.74, 6) is 2.70. The third-order valence-electron chi connectivity index (χ3n) is 3.67. The fraction of sp³-hybridized carbons (Fsp3) is 0.867. The molecule has 0 aromatic carbocycles. The number of halogens is 1. The van der Waals surface area contributed by atoms with Crippen molar-refractivity contribution < 1.29 is 9.53 Å². The van der Waals surface area contributed by atoms with Crippen molar-refractivity contribution in [2.75, 3.05) is 39.5 Å². The second-order valence-electron chi connectivity index (χ2n) is 5.61. The molecule has 130 valence electrons. The first kappa shape index (κ1) is 21.8. The van der Waals surface area contributed by atoms with Crippen molar-refractivity contribution in [3.05, 3.63) is 0 Å². The molecule has 1 unspecified atom stereocenters. The van der Waals surface area contributed by atoms with E-state index in [9.17, 15) is 4.79 Å². The molecule has 1 fully saturated rings. The number of nitrogens with zero attached hydrogens (tertiary/aromatic N) is 2. The van der Waals surface area contributed by atoms with Gasteiger partial charge in [0, 0.05) is 44.1 Å². The van der Waals surface area contributed by atoms with Crippen LogP contribution < -0.4 is 5.32 Å². The highest BCUT2D eigenvalue weighted by molar-refractivity contribution is 14.0. The zero-order valence-electron chi connectivity index (χ0n) is 14.1. The molecule has 0 aromatic rings. The average molecular weight is 443 g/mol. The Hall–Kier alpha value is -0.180. The van der Waals surface area contributed by atoms with Crippen LogP contribution in [0.5, 0.6) is 0 Å². The van der Waals surface area contributed by atoms with Gasteiger partial charge in [-0.05, 0) is 18.8 Å². The lowest BCUT2D eigenvalue weighted by atomic mass is 10.1. The molecule has 0 spiro atoms. The second kappa shape index (κ2) is 12.3. The number of carbonyl (C=O) groups excluding carboxylic acids is 1. The van der Waals surface area contributed by atoms with Gasteiger partial charge in [-0.15, -0.1) is 24.0 Å². The summed E-state index contributed by atoms with van der Waals surface area (Å²) < 4.78 is 4.63. The van der Waals surface area contributed by atoms with Crippen LogP contribution in [0.4, 0.5) is 0 Å². The van der Waals surface area contributed by atoms with E-state index in [0.717, 1.165) is 44.2 Å². The topological polar surface area (TPSA) is 53.9 Å². The molecule has 1 aliphatic heterocycles. The predicted octanol–water partition coefficient (Wildman–Crippen LogP) is 2.60. The number of aliphatic imine (C=N–C) groups is 1. The third kappa shape index (κ3) is 7.89. The van der Waals surface area contributed by atoms with Crippen molar-refractivity contribution in [3.8, 4) is 0 Å². The Morgan fingerprint density at radius 2 is 2.18 bits per heavy atom. The van der Waals surface area contributed by atoms with E-state index in [1.54, 1.807) is 0 Å². The number of esters is 1. The molecule has 0 aliphatic carbocycles. The van der Waals surface area contributed by atoms with E-state index in [1.165, 1.54) is 7.11 Å². The molecule has 0 aromatic heterocycles. The summed E-state index contributed by atoms with van der Waals surface area (Å²) in [5.41, 5.74) is 0. The highest BCUT2D eigenvalue weighted by atomic mass is 127. The maximum Gasteiger partial charge on any atom is 0.305 e. The number of ether oxygens (including phenoxy) is 1. The van der Waals surface area contributed by atoms with E-state index in [2.05, 4.69) is 45.6 Å². The Kier molecular flexibility index (Phi) is 12.2. The summed E-state index contributed by atoms with van der Waals surface area (Å²) >= 11 is 2.06. The molecule has 22 heavy (non-hydrogen) atoms. The molecular weight excluding hydrogens is 413 g/mol. The van der Waals surface area contributed by atoms with Gasteiger partial charge >= 0.3 is 5.97 Å². The van der Waals surface area contributed by atoms with Crippen LogP contribution in [0.25, 0.3) is 0 Å². The van der Waals surface area contributed by atoms with Crippen molar-refractivity contribution in [1.29, 1.82) is 0 Å². The summed E-state index contributed by atoms with van der Waals surface area (Å²) in [4.78, 5) is 17.8. The number of hydrogen-bond donors (Lipinski definition) is 1. The van der Waals surface area contributed by atoms with Crippen LogP contribution in [0.15, 0.2) is 4.99 Å². The van der Waals surface area contributed by atoms with Crippen molar-refractivity contribution in [2.45, 2.75) is 38.4 Å². The van der Waals surface area contributed by atoms with Gasteiger partial charge in [0.1, 0.15) is 0 Å². The van der Waals surface area contributed by atoms with E-state index >= 15 is 0 Å². The molecule has 1 N–H and O–H groups in total. The first-order valence-electron chi connectivity index (χ1n) is 7.72. The molecular formula is C15H30IN3O2S. The second-order valence-corrected chi connectivity index (χ2v) is 6.95. The minimum atomic E-state index is -0.132. The smallest absolute Gasteiger partial charge is 0.305 e. The van der Waals surface area contributed by atoms with Gasteiger partial charge in [-0.3, -0.25) is 9.79 Å². The molecule has 0 radical (unpaired) electrons. The minimum absolute atomic E-state index is 0. The summed E-state index contributed by atoms with van der Waals surface area (Å²) in [5, 5.41) is 4.08. The van der Waals surface area contributed by atoms with E-state index in [0.29, 0.717) is 17.6 Å². The van der Waals surface area contributed by atoms with E-state index in [-0.39, 0.29) is 29.9 Å². The Bertz CT molecular complexity index is 354. The van der Waals surface area contributed by atoms with Gasteiger partial charge in [0.25, 0.3) is 0 Å². The fourth-order valence-electron chi connectivity index (χ4n) is 2.30. The van der Waals surface area contributed by atoms with Crippen molar-refractivity contribution >= 4 is 47.7 Å². The predicted molar refractivity (Wildman–Crippen MR) is 105 cm³/mol. The number of guanidine groups is 1. The zero-order valence-corrected chi connectivity index (χ0v) is 17.3. The largest absolute Gasteiger partial charge is 0.469 e. The molecule has 5 nitrogen and oxygen atoms in total. The average Bonchev–Trinajstić information content (AvgIpc) is 2.50. The lowest BCUT2D eigenvalue weighted by Gasteiger charge is -2.36. The minimum Gasteiger partial charge on any atom is -0.469 e.